The van der Waals surface area contributed by atoms with Gasteiger partial charge in [0.2, 0.25) is 5.76 Å². The largest absolute Gasteiger partial charge is 0.494 e. The van der Waals surface area contributed by atoms with Gasteiger partial charge in [0.25, 0.3) is 5.69 Å². The molecular formula is C15H15N3O6S. The van der Waals surface area contributed by atoms with E-state index in [0.717, 1.165) is 0 Å². The van der Waals surface area contributed by atoms with Gasteiger partial charge >= 0.3 is 5.91 Å². The fourth-order valence-corrected chi connectivity index (χ4v) is 3.56. The highest BCUT2D eigenvalue weighted by molar-refractivity contribution is 7.16. The van der Waals surface area contributed by atoms with Gasteiger partial charge in [0.05, 0.1) is 22.8 Å². The number of fused-ring (bicyclic) bond motifs is 1. The number of carbonyl (C=O) groups excluding carboxylic acids is 1. The van der Waals surface area contributed by atoms with Gasteiger partial charge in [-0.1, -0.05) is 11.3 Å². The predicted molar refractivity (Wildman–Crippen MR) is 89.3 cm³/mol. The first-order valence-corrected chi connectivity index (χ1v) is 8.26. The Labute approximate surface area is 145 Å². The summed E-state index contributed by atoms with van der Waals surface area (Å²) in [6.07, 6.45) is 1.24. The van der Waals surface area contributed by atoms with E-state index in [1.54, 1.807) is 4.57 Å². The van der Waals surface area contributed by atoms with E-state index >= 15 is 0 Å². The summed E-state index contributed by atoms with van der Waals surface area (Å²) < 4.78 is 18.0. The molecule has 1 amide bonds. The van der Waals surface area contributed by atoms with Crippen molar-refractivity contribution in [3.63, 3.8) is 0 Å². The van der Waals surface area contributed by atoms with Crippen LogP contribution in [0.3, 0.4) is 0 Å². The van der Waals surface area contributed by atoms with E-state index in [1.807, 2.05) is 6.92 Å². The van der Waals surface area contributed by atoms with Crippen molar-refractivity contribution in [2.24, 2.45) is 4.99 Å². The molecule has 1 aliphatic heterocycles. The lowest BCUT2D eigenvalue weighted by Gasteiger charge is -2.12. The third kappa shape index (κ3) is 3.20. The summed E-state index contributed by atoms with van der Waals surface area (Å²) in [6, 6.07) is 2.80. The first kappa shape index (κ1) is 17.0. The van der Waals surface area contributed by atoms with Crippen LogP contribution in [0, 0.1) is 10.1 Å². The minimum absolute atomic E-state index is 0.0318. The second kappa shape index (κ2) is 6.93. The number of nitro groups is 1. The first-order valence-electron chi connectivity index (χ1n) is 7.44. The molecule has 2 heterocycles. The molecule has 9 nitrogen and oxygen atoms in total. The molecule has 2 aromatic rings. The number of rotatable bonds is 4. The monoisotopic (exact) mass is 365 g/mol. The normalized spacial score (nSPS) is 14.6. The summed E-state index contributed by atoms with van der Waals surface area (Å²) in [4.78, 5) is 27.3. The summed E-state index contributed by atoms with van der Waals surface area (Å²) in [5.41, 5.74) is 0.570. The lowest BCUT2D eigenvalue weighted by atomic mass is 10.2. The molecule has 1 aromatic carbocycles. The molecule has 0 atom stereocenters. The zero-order valence-electron chi connectivity index (χ0n) is 13.6. The number of carbonyl (C=O) groups is 1. The Morgan fingerprint density at radius 1 is 1.48 bits per heavy atom. The van der Waals surface area contributed by atoms with E-state index in [2.05, 4.69) is 4.99 Å². The number of non-ortho nitro benzene ring substituents is 1. The molecule has 0 fully saturated rings. The molecule has 25 heavy (non-hydrogen) atoms. The maximum Gasteiger partial charge on any atom is 0.317 e. The number of nitrogens with zero attached hydrogens (tertiary/aromatic N) is 3. The van der Waals surface area contributed by atoms with Gasteiger partial charge in [-0.3, -0.25) is 14.9 Å². The Morgan fingerprint density at radius 3 is 2.88 bits per heavy atom. The van der Waals surface area contributed by atoms with Crippen molar-refractivity contribution in [1.29, 1.82) is 0 Å². The van der Waals surface area contributed by atoms with Crippen LogP contribution in [0.25, 0.3) is 10.2 Å². The number of ether oxygens (including phenoxy) is 3. The molecule has 0 unspecified atom stereocenters. The molecule has 0 bridgehead atoms. The van der Waals surface area contributed by atoms with Gasteiger partial charge < -0.3 is 18.8 Å². The van der Waals surface area contributed by atoms with Crippen molar-refractivity contribution < 1.29 is 23.9 Å². The Morgan fingerprint density at radius 2 is 2.28 bits per heavy atom. The number of methoxy groups -OCH3 is 1. The number of nitro benzene ring substituents is 1. The second-order valence-corrected chi connectivity index (χ2v) is 6.01. The summed E-state index contributed by atoms with van der Waals surface area (Å²) in [6.45, 7) is 3.06. The number of hydrogen-bond acceptors (Lipinski definition) is 7. The van der Waals surface area contributed by atoms with Crippen molar-refractivity contribution in [3.8, 4) is 5.75 Å². The maximum absolute atomic E-state index is 12.3. The quantitative estimate of drug-likeness (QED) is 0.606. The smallest absolute Gasteiger partial charge is 0.317 e. The lowest BCUT2D eigenvalue weighted by molar-refractivity contribution is -0.384. The van der Waals surface area contributed by atoms with Crippen molar-refractivity contribution in [3.05, 3.63) is 39.1 Å². The van der Waals surface area contributed by atoms with E-state index in [0.29, 0.717) is 33.9 Å². The molecule has 0 N–H and O–H groups in total. The second-order valence-electron chi connectivity index (χ2n) is 5.00. The zero-order chi connectivity index (χ0) is 18.0. The SMILES string of the molecule is CCn1c(=NC(=O)C2=COCCO2)sc2cc([N+](=O)[O-])cc(OC)c21. The van der Waals surface area contributed by atoms with E-state index < -0.39 is 10.8 Å². The minimum Gasteiger partial charge on any atom is -0.494 e. The van der Waals surface area contributed by atoms with Crippen LogP contribution in [0.5, 0.6) is 5.75 Å². The van der Waals surface area contributed by atoms with E-state index in [1.165, 1.54) is 36.8 Å². The number of thiazole rings is 1. The lowest BCUT2D eigenvalue weighted by Crippen LogP contribution is -2.19. The molecule has 0 saturated heterocycles. The average Bonchev–Trinajstić information content (AvgIpc) is 2.98. The molecule has 0 radical (unpaired) electrons. The van der Waals surface area contributed by atoms with E-state index in [4.69, 9.17) is 14.2 Å². The van der Waals surface area contributed by atoms with Gasteiger partial charge in [0.1, 0.15) is 25.0 Å². The third-order valence-corrected chi connectivity index (χ3v) is 4.56. The Bertz CT molecular complexity index is 943. The summed E-state index contributed by atoms with van der Waals surface area (Å²) in [5, 5.41) is 11.1. The summed E-state index contributed by atoms with van der Waals surface area (Å²) in [5.74, 6) is -0.182. The van der Waals surface area contributed by atoms with Crippen LogP contribution in [0.1, 0.15) is 6.92 Å². The highest BCUT2D eigenvalue weighted by Crippen LogP contribution is 2.32. The fraction of sp³-hybridized carbons (Fsp3) is 0.333. The Kier molecular flexibility index (Phi) is 4.70. The van der Waals surface area contributed by atoms with Crippen LogP contribution in [0.4, 0.5) is 5.69 Å². The van der Waals surface area contributed by atoms with Gasteiger partial charge in [0, 0.05) is 12.6 Å². The molecule has 0 spiro atoms. The standard InChI is InChI=1S/C15H15N3O6S/c1-3-17-13-10(22-2)6-9(18(20)21)7-12(13)25-15(17)16-14(19)11-8-23-4-5-24-11/h6-8H,3-5H2,1-2H3. The molecule has 0 aliphatic carbocycles. The molecule has 10 heteroatoms. The zero-order valence-corrected chi connectivity index (χ0v) is 14.4. The Balaban J connectivity index is 2.18. The average molecular weight is 365 g/mol. The third-order valence-electron chi connectivity index (χ3n) is 3.53. The first-order chi connectivity index (χ1) is 12.0. The summed E-state index contributed by atoms with van der Waals surface area (Å²) >= 11 is 1.17. The van der Waals surface area contributed by atoms with Crippen molar-refractivity contribution in [1.82, 2.24) is 4.57 Å². The van der Waals surface area contributed by atoms with Crippen LogP contribution in [0.15, 0.2) is 29.1 Å². The number of amides is 1. The number of benzene rings is 1. The fourth-order valence-electron chi connectivity index (χ4n) is 2.42. The topological polar surface area (TPSA) is 105 Å². The van der Waals surface area contributed by atoms with E-state index in [9.17, 15) is 14.9 Å². The van der Waals surface area contributed by atoms with Gasteiger partial charge in [-0.15, -0.1) is 0 Å². The molecule has 0 saturated carbocycles. The molecule has 1 aromatic heterocycles. The number of hydrogen-bond donors (Lipinski definition) is 0. The molecule has 1 aliphatic rings. The van der Waals surface area contributed by atoms with Crippen molar-refractivity contribution in [2.75, 3.05) is 20.3 Å². The van der Waals surface area contributed by atoms with Gasteiger partial charge in [-0.05, 0) is 6.92 Å². The van der Waals surface area contributed by atoms with Crippen LogP contribution in [-0.4, -0.2) is 35.7 Å². The number of aromatic nitrogens is 1. The minimum atomic E-state index is -0.568. The van der Waals surface area contributed by atoms with Gasteiger partial charge in [-0.25, -0.2) is 0 Å². The maximum atomic E-state index is 12.3. The van der Waals surface area contributed by atoms with Gasteiger partial charge in [-0.2, -0.15) is 4.99 Å². The molecule has 132 valence electrons. The highest BCUT2D eigenvalue weighted by Gasteiger charge is 2.19. The van der Waals surface area contributed by atoms with Crippen molar-refractivity contribution >= 4 is 33.1 Å². The highest BCUT2D eigenvalue weighted by atomic mass is 32.1. The molecular weight excluding hydrogens is 350 g/mol. The van der Waals surface area contributed by atoms with E-state index in [-0.39, 0.29) is 18.1 Å². The van der Waals surface area contributed by atoms with Crippen LogP contribution in [0.2, 0.25) is 0 Å². The number of aryl methyl sites for hydroxylation is 1. The van der Waals surface area contributed by atoms with Crippen LogP contribution < -0.4 is 9.54 Å². The molecule has 3 rings (SSSR count). The predicted octanol–water partition coefficient (Wildman–Crippen LogP) is 1.95. The van der Waals surface area contributed by atoms with Gasteiger partial charge in [0.15, 0.2) is 10.6 Å². The van der Waals surface area contributed by atoms with Crippen LogP contribution in [-0.2, 0) is 20.8 Å². The van der Waals surface area contributed by atoms with Crippen LogP contribution >= 0.6 is 11.3 Å². The summed E-state index contributed by atoms with van der Waals surface area (Å²) in [7, 11) is 1.44. The Hall–Kier alpha value is -2.88. The van der Waals surface area contributed by atoms with Crippen molar-refractivity contribution in [2.45, 2.75) is 13.5 Å².